The molecule has 0 aliphatic rings. The van der Waals surface area contributed by atoms with Gasteiger partial charge in [-0.05, 0) is 17.7 Å². The minimum atomic E-state index is 0.383. The number of benzene rings is 2. The van der Waals surface area contributed by atoms with Gasteiger partial charge >= 0.3 is 0 Å². The number of hydrogen-bond donors (Lipinski definition) is 0. The van der Waals surface area contributed by atoms with Gasteiger partial charge in [0.25, 0.3) is 0 Å². The first kappa shape index (κ1) is 22.0. The number of rotatable bonds is 6. The lowest BCUT2D eigenvalue weighted by molar-refractivity contribution is 0.403. The highest BCUT2D eigenvalue weighted by atomic mass is 127. The van der Waals surface area contributed by atoms with Gasteiger partial charge in [0.15, 0.2) is 0 Å². The fourth-order valence-electron chi connectivity index (χ4n) is 2.65. The van der Waals surface area contributed by atoms with Gasteiger partial charge < -0.3 is 9.47 Å². The van der Waals surface area contributed by atoms with E-state index in [-0.39, 0.29) is 0 Å². The van der Waals surface area contributed by atoms with Crippen molar-refractivity contribution in [2.45, 2.75) is 15.3 Å². The molecule has 2 aromatic carbocycles. The van der Waals surface area contributed by atoms with E-state index in [4.69, 9.17) is 55.9 Å². The van der Waals surface area contributed by atoms with Gasteiger partial charge in [-0.1, -0.05) is 91.6 Å². The van der Waals surface area contributed by atoms with Crippen molar-refractivity contribution in [3.05, 3.63) is 54.5 Å². The highest BCUT2D eigenvalue weighted by Gasteiger charge is 2.22. The molecule has 0 aliphatic carbocycles. The molecule has 0 aromatic heterocycles. The predicted molar refractivity (Wildman–Crippen MR) is 124 cm³/mol. The summed E-state index contributed by atoms with van der Waals surface area (Å²) in [7, 11) is 3.21. The summed E-state index contributed by atoms with van der Waals surface area (Å²) in [6.45, 7) is 0. The summed E-state index contributed by atoms with van der Waals surface area (Å²) in [6.07, 6.45) is 0.452. The van der Waals surface area contributed by atoms with Crippen LogP contribution in [-0.4, -0.2) is 14.2 Å². The fourth-order valence-corrected chi connectivity index (χ4v) is 5.41. The third kappa shape index (κ3) is 4.57. The summed E-state index contributed by atoms with van der Waals surface area (Å²) in [5.74, 6) is 1.31. The van der Waals surface area contributed by atoms with Gasteiger partial charge in [0.2, 0.25) is 0 Å². The summed E-state index contributed by atoms with van der Waals surface area (Å²) in [5, 5.41) is 1.92. The molecule has 2 rings (SSSR count). The van der Waals surface area contributed by atoms with Crippen LogP contribution in [0.5, 0.6) is 11.5 Å². The molecule has 2 aromatic rings. The molecule has 0 saturated heterocycles. The zero-order valence-corrected chi connectivity index (χ0v) is 20.7. The van der Waals surface area contributed by atoms with E-state index in [1.165, 1.54) is 0 Å². The van der Waals surface area contributed by atoms with Gasteiger partial charge in [-0.3, -0.25) is 0 Å². The highest BCUT2D eigenvalue weighted by Crippen LogP contribution is 2.43. The van der Waals surface area contributed by atoms with Crippen molar-refractivity contribution in [2.24, 2.45) is 0 Å². The van der Waals surface area contributed by atoms with Gasteiger partial charge in [-0.2, -0.15) is 0 Å². The first-order valence-electron chi connectivity index (χ1n) is 7.08. The van der Waals surface area contributed by atoms with Gasteiger partial charge in [-0.15, -0.1) is 0 Å². The summed E-state index contributed by atoms with van der Waals surface area (Å²) >= 11 is 30.0. The number of alkyl halides is 2. The highest BCUT2D eigenvalue weighted by molar-refractivity contribution is 14.1. The molecule has 0 radical (unpaired) electrons. The van der Waals surface area contributed by atoms with E-state index in [9.17, 15) is 0 Å². The lowest BCUT2D eigenvalue weighted by Gasteiger charge is -2.20. The quantitative estimate of drug-likeness (QED) is 0.182. The van der Waals surface area contributed by atoms with Crippen LogP contribution in [0.1, 0.15) is 22.3 Å². The van der Waals surface area contributed by atoms with E-state index in [1.807, 2.05) is 6.07 Å². The SMILES string of the molecule is COc1c(Cl)cc(Cl)c(Cl)c1Cc1c(CI)c(Cl)cc(CI)c1OC. The maximum Gasteiger partial charge on any atom is 0.142 e. The number of halogens is 6. The van der Waals surface area contributed by atoms with Crippen LogP contribution in [0.15, 0.2) is 12.1 Å². The summed E-state index contributed by atoms with van der Waals surface area (Å²) in [5.41, 5.74) is 3.71. The predicted octanol–water partition coefficient (Wildman–Crippen LogP) is 7.78. The van der Waals surface area contributed by atoms with E-state index in [0.717, 1.165) is 31.3 Å². The third-order valence-electron chi connectivity index (χ3n) is 3.78. The standard InChI is InChI=1S/C17H14Cl4I2O2/c1-24-16-8(6-22)3-12(18)11(7-23)9(16)4-10-15(21)13(19)5-14(20)17(10)25-2/h3,5H,4,6-7H2,1-2H3. The first-order chi connectivity index (χ1) is 11.9. The molecule has 2 nitrogen and oxygen atoms in total. The molecular weight excluding hydrogens is 632 g/mol. The summed E-state index contributed by atoms with van der Waals surface area (Å²) < 4.78 is 12.7. The second-order valence-electron chi connectivity index (χ2n) is 5.12. The molecule has 0 fully saturated rings. The lowest BCUT2D eigenvalue weighted by Crippen LogP contribution is -2.05. The Morgan fingerprint density at radius 2 is 1.40 bits per heavy atom. The molecule has 0 spiro atoms. The Hall–Kier alpha value is 0.660. The van der Waals surface area contributed by atoms with Crippen molar-refractivity contribution in [3.63, 3.8) is 0 Å². The minimum absolute atomic E-state index is 0.383. The van der Waals surface area contributed by atoms with Crippen molar-refractivity contribution in [3.8, 4) is 11.5 Å². The van der Waals surface area contributed by atoms with Gasteiger partial charge in [0.1, 0.15) is 11.5 Å². The van der Waals surface area contributed by atoms with Gasteiger partial charge in [-0.25, -0.2) is 0 Å². The Morgan fingerprint density at radius 3 is 1.92 bits per heavy atom. The van der Waals surface area contributed by atoms with E-state index in [0.29, 0.717) is 37.8 Å². The molecule has 8 heteroatoms. The van der Waals surface area contributed by atoms with Gasteiger partial charge in [0.05, 0.1) is 29.3 Å². The fraction of sp³-hybridized carbons (Fsp3) is 0.294. The van der Waals surface area contributed by atoms with Crippen molar-refractivity contribution in [1.29, 1.82) is 0 Å². The Bertz CT molecular complexity index is 797. The number of ether oxygens (including phenoxy) is 2. The second kappa shape index (κ2) is 9.73. The van der Waals surface area contributed by atoms with E-state index >= 15 is 0 Å². The monoisotopic (exact) mass is 644 g/mol. The third-order valence-corrected chi connectivity index (χ3v) is 6.81. The number of methoxy groups -OCH3 is 2. The van der Waals surface area contributed by atoms with Crippen LogP contribution in [0.2, 0.25) is 20.1 Å². The Labute approximate surface area is 194 Å². The van der Waals surface area contributed by atoms with Crippen molar-refractivity contribution in [1.82, 2.24) is 0 Å². The van der Waals surface area contributed by atoms with Crippen LogP contribution in [0.4, 0.5) is 0 Å². The Kier molecular flexibility index (Phi) is 8.55. The summed E-state index contributed by atoms with van der Waals surface area (Å²) in [4.78, 5) is 0. The largest absolute Gasteiger partial charge is 0.496 e. The molecule has 0 aliphatic heterocycles. The van der Waals surface area contributed by atoms with Crippen molar-refractivity contribution in [2.75, 3.05) is 14.2 Å². The van der Waals surface area contributed by atoms with Crippen molar-refractivity contribution >= 4 is 91.6 Å². The lowest BCUT2D eigenvalue weighted by atomic mass is 9.96. The van der Waals surface area contributed by atoms with E-state index in [2.05, 4.69) is 45.2 Å². The molecule has 0 N–H and O–H groups in total. The van der Waals surface area contributed by atoms with Gasteiger partial charge in [0, 0.05) is 37.0 Å². The van der Waals surface area contributed by atoms with Crippen LogP contribution < -0.4 is 9.47 Å². The van der Waals surface area contributed by atoms with Crippen LogP contribution in [-0.2, 0) is 15.3 Å². The van der Waals surface area contributed by atoms with Crippen LogP contribution in [0.25, 0.3) is 0 Å². The second-order valence-corrected chi connectivity index (χ2v) is 8.24. The van der Waals surface area contributed by atoms with Crippen molar-refractivity contribution < 1.29 is 9.47 Å². The average Bonchev–Trinajstić information content (AvgIpc) is 2.59. The Morgan fingerprint density at radius 1 is 0.760 bits per heavy atom. The smallest absolute Gasteiger partial charge is 0.142 e. The maximum absolute atomic E-state index is 6.50. The molecule has 0 unspecified atom stereocenters. The molecule has 0 saturated carbocycles. The number of hydrogen-bond acceptors (Lipinski definition) is 2. The van der Waals surface area contributed by atoms with E-state index in [1.54, 1.807) is 20.3 Å². The molecule has 136 valence electrons. The first-order valence-corrected chi connectivity index (χ1v) is 11.6. The minimum Gasteiger partial charge on any atom is -0.496 e. The topological polar surface area (TPSA) is 18.5 Å². The zero-order valence-electron chi connectivity index (χ0n) is 13.4. The van der Waals surface area contributed by atoms with Crippen LogP contribution in [0.3, 0.4) is 0 Å². The normalized spacial score (nSPS) is 10.9. The van der Waals surface area contributed by atoms with Crippen LogP contribution >= 0.6 is 91.6 Å². The zero-order chi connectivity index (χ0) is 18.7. The molecule has 0 atom stereocenters. The molecular formula is C17H14Cl4I2O2. The average molecular weight is 646 g/mol. The Balaban J connectivity index is 2.75. The molecule has 0 heterocycles. The van der Waals surface area contributed by atoms with Crippen LogP contribution in [0, 0.1) is 0 Å². The summed E-state index contributed by atoms with van der Waals surface area (Å²) in [6, 6.07) is 3.53. The molecule has 0 amide bonds. The van der Waals surface area contributed by atoms with E-state index < -0.39 is 0 Å². The maximum atomic E-state index is 6.50. The molecule has 0 bridgehead atoms. The molecule has 25 heavy (non-hydrogen) atoms.